The first-order valence-corrected chi connectivity index (χ1v) is 6.01. The summed E-state index contributed by atoms with van der Waals surface area (Å²) in [5.41, 5.74) is 2.50. The number of phenolic OH excluding ortho intramolecular Hbond substituents is 1. The average molecular weight is 219 g/mol. The van der Waals surface area contributed by atoms with Gasteiger partial charge in [-0.3, -0.25) is 0 Å². The second-order valence-electron chi connectivity index (χ2n) is 4.63. The number of hydrogen-bond acceptors (Lipinski definition) is 3. The number of morpholine rings is 1. The van der Waals surface area contributed by atoms with Gasteiger partial charge in [0.1, 0.15) is 5.75 Å². The second kappa shape index (κ2) is 4.07. The first-order valence-electron chi connectivity index (χ1n) is 6.01. The Kier molecular flexibility index (Phi) is 2.58. The molecule has 0 unspecified atom stereocenters. The van der Waals surface area contributed by atoms with Crippen molar-refractivity contribution in [2.24, 2.45) is 0 Å². The summed E-state index contributed by atoms with van der Waals surface area (Å²) in [6.07, 6.45) is 3.53. The third-order valence-electron chi connectivity index (χ3n) is 3.57. The molecule has 0 radical (unpaired) electrons. The van der Waals surface area contributed by atoms with E-state index in [2.05, 4.69) is 5.32 Å². The van der Waals surface area contributed by atoms with Crippen LogP contribution in [0.3, 0.4) is 0 Å². The van der Waals surface area contributed by atoms with Crippen molar-refractivity contribution in [3.8, 4) is 5.75 Å². The smallest absolute Gasteiger partial charge is 0.115 e. The number of benzene rings is 1. The van der Waals surface area contributed by atoms with Gasteiger partial charge in [0.15, 0.2) is 0 Å². The molecule has 16 heavy (non-hydrogen) atoms. The van der Waals surface area contributed by atoms with Crippen LogP contribution < -0.4 is 5.32 Å². The number of ether oxygens (including phenoxy) is 1. The molecule has 0 amide bonds. The molecule has 1 aromatic rings. The van der Waals surface area contributed by atoms with E-state index in [1.54, 1.807) is 6.07 Å². The maximum Gasteiger partial charge on any atom is 0.115 e. The highest BCUT2D eigenvalue weighted by atomic mass is 16.5. The summed E-state index contributed by atoms with van der Waals surface area (Å²) >= 11 is 0. The van der Waals surface area contributed by atoms with Crippen LogP contribution in [0.25, 0.3) is 0 Å². The Balaban J connectivity index is 2.00. The summed E-state index contributed by atoms with van der Waals surface area (Å²) in [5.74, 6) is 0.362. The highest BCUT2D eigenvalue weighted by Gasteiger charge is 2.30. The van der Waals surface area contributed by atoms with E-state index >= 15 is 0 Å². The first kappa shape index (κ1) is 10.1. The highest BCUT2D eigenvalue weighted by molar-refractivity contribution is 5.38. The molecule has 3 heteroatoms. The molecular weight excluding hydrogens is 202 g/mol. The SMILES string of the molecule is Oc1ccc2c(c1)CCC[C@@H]1NCCO[C@@H]21. The zero-order valence-electron chi connectivity index (χ0n) is 9.28. The molecule has 1 saturated heterocycles. The van der Waals surface area contributed by atoms with Crippen molar-refractivity contribution in [1.82, 2.24) is 5.32 Å². The lowest BCUT2D eigenvalue weighted by Gasteiger charge is -2.32. The molecular formula is C13H17NO2. The summed E-state index contributed by atoms with van der Waals surface area (Å²) < 4.78 is 5.88. The van der Waals surface area contributed by atoms with E-state index in [4.69, 9.17) is 4.74 Å². The third kappa shape index (κ3) is 1.70. The van der Waals surface area contributed by atoms with Crippen molar-refractivity contribution in [2.45, 2.75) is 31.4 Å². The fourth-order valence-electron chi connectivity index (χ4n) is 2.81. The quantitative estimate of drug-likeness (QED) is 0.698. The zero-order valence-corrected chi connectivity index (χ0v) is 9.28. The molecule has 0 bridgehead atoms. The van der Waals surface area contributed by atoms with Crippen LogP contribution in [0, 0.1) is 0 Å². The highest BCUT2D eigenvalue weighted by Crippen LogP contribution is 2.34. The van der Waals surface area contributed by atoms with E-state index in [0.29, 0.717) is 11.8 Å². The number of aryl methyl sites for hydroxylation is 1. The Hall–Kier alpha value is -1.06. The predicted molar refractivity (Wildman–Crippen MR) is 61.5 cm³/mol. The fraction of sp³-hybridized carbons (Fsp3) is 0.538. The van der Waals surface area contributed by atoms with Crippen LogP contribution in [0.4, 0.5) is 0 Å². The molecule has 2 aliphatic rings. The number of rotatable bonds is 0. The molecule has 2 N–H and O–H groups in total. The van der Waals surface area contributed by atoms with E-state index in [-0.39, 0.29) is 6.10 Å². The third-order valence-corrected chi connectivity index (χ3v) is 3.57. The molecule has 1 heterocycles. The summed E-state index contributed by atoms with van der Waals surface area (Å²) in [5, 5.41) is 13.0. The number of hydrogen-bond donors (Lipinski definition) is 2. The van der Waals surface area contributed by atoms with Crippen molar-refractivity contribution in [2.75, 3.05) is 13.2 Å². The van der Waals surface area contributed by atoms with Gasteiger partial charge in [0.2, 0.25) is 0 Å². The van der Waals surface area contributed by atoms with Crippen LogP contribution in [0.1, 0.15) is 30.1 Å². The average Bonchev–Trinajstić information content (AvgIpc) is 2.47. The molecule has 3 nitrogen and oxygen atoms in total. The number of phenols is 1. The van der Waals surface area contributed by atoms with Gasteiger partial charge >= 0.3 is 0 Å². The van der Waals surface area contributed by atoms with Crippen LogP contribution in [-0.4, -0.2) is 24.3 Å². The van der Waals surface area contributed by atoms with Crippen LogP contribution in [0.15, 0.2) is 18.2 Å². The largest absolute Gasteiger partial charge is 0.508 e. The standard InChI is InChI=1S/C13H17NO2/c15-10-4-5-11-9(8-10)2-1-3-12-13(11)16-7-6-14-12/h4-5,8,12-15H,1-3,6-7H2/t12-,13-/m0/s1. The molecule has 0 saturated carbocycles. The monoisotopic (exact) mass is 219 g/mol. The number of nitrogens with one attached hydrogen (secondary N) is 1. The molecule has 1 aliphatic heterocycles. The minimum Gasteiger partial charge on any atom is -0.508 e. The summed E-state index contributed by atoms with van der Waals surface area (Å²) in [6, 6.07) is 6.11. The van der Waals surface area contributed by atoms with Gasteiger partial charge in [-0.05, 0) is 42.5 Å². The van der Waals surface area contributed by atoms with Crippen molar-refractivity contribution >= 4 is 0 Å². The maximum absolute atomic E-state index is 9.52. The molecule has 1 aromatic carbocycles. The van der Waals surface area contributed by atoms with E-state index in [0.717, 1.165) is 32.4 Å². The Labute approximate surface area is 95.4 Å². The molecule has 1 aliphatic carbocycles. The van der Waals surface area contributed by atoms with Gasteiger partial charge < -0.3 is 15.2 Å². The van der Waals surface area contributed by atoms with Gasteiger partial charge in [-0.25, -0.2) is 0 Å². The molecule has 0 aromatic heterocycles. The zero-order chi connectivity index (χ0) is 11.0. The minimum absolute atomic E-state index is 0.173. The molecule has 1 fully saturated rings. The summed E-state index contributed by atoms with van der Waals surface area (Å²) in [4.78, 5) is 0. The Morgan fingerprint density at radius 1 is 1.38 bits per heavy atom. The van der Waals surface area contributed by atoms with Crippen LogP contribution in [0.2, 0.25) is 0 Å². The van der Waals surface area contributed by atoms with Crippen molar-refractivity contribution < 1.29 is 9.84 Å². The van der Waals surface area contributed by atoms with Crippen LogP contribution in [0.5, 0.6) is 5.75 Å². The van der Waals surface area contributed by atoms with E-state index in [1.165, 1.54) is 11.1 Å². The van der Waals surface area contributed by atoms with E-state index < -0.39 is 0 Å². The van der Waals surface area contributed by atoms with Gasteiger partial charge in [0.05, 0.1) is 12.7 Å². The molecule has 2 atom stereocenters. The van der Waals surface area contributed by atoms with Crippen molar-refractivity contribution in [1.29, 1.82) is 0 Å². The van der Waals surface area contributed by atoms with Crippen LogP contribution in [-0.2, 0) is 11.2 Å². The Morgan fingerprint density at radius 3 is 3.25 bits per heavy atom. The fourth-order valence-corrected chi connectivity index (χ4v) is 2.81. The van der Waals surface area contributed by atoms with Crippen molar-refractivity contribution in [3.63, 3.8) is 0 Å². The molecule has 3 rings (SSSR count). The van der Waals surface area contributed by atoms with Gasteiger partial charge in [-0.1, -0.05) is 6.07 Å². The lowest BCUT2D eigenvalue weighted by Crippen LogP contribution is -2.43. The normalized spacial score (nSPS) is 29.0. The van der Waals surface area contributed by atoms with Crippen LogP contribution >= 0.6 is 0 Å². The molecule has 0 spiro atoms. The van der Waals surface area contributed by atoms with Gasteiger partial charge in [0, 0.05) is 12.6 Å². The Bertz CT molecular complexity index is 392. The van der Waals surface area contributed by atoms with E-state index in [9.17, 15) is 5.11 Å². The van der Waals surface area contributed by atoms with Gasteiger partial charge in [0.25, 0.3) is 0 Å². The number of fused-ring (bicyclic) bond motifs is 3. The second-order valence-corrected chi connectivity index (χ2v) is 4.63. The lowest BCUT2D eigenvalue weighted by molar-refractivity contribution is -0.00646. The number of aromatic hydroxyl groups is 1. The molecule has 86 valence electrons. The summed E-state index contributed by atoms with van der Waals surface area (Å²) in [6.45, 7) is 1.73. The van der Waals surface area contributed by atoms with Gasteiger partial charge in [-0.15, -0.1) is 0 Å². The summed E-state index contributed by atoms with van der Waals surface area (Å²) in [7, 11) is 0. The van der Waals surface area contributed by atoms with Crippen molar-refractivity contribution in [3.05, 3.63) is 29.3 Å². The Morgan fingerprint density at radius 2 is 2.31 bits per heavy atom. The minimum atomic E-state index is 0.173. The maximum atomic E-state index is 9.52. The van der Waals surface area contributed by atoms with Gasteiger partial charge in [-0.2, -0.15) is 0 Å². The topological polar surface area (TPSA) is 41.5 Å². The lowest BCUT2D eigenvalue weighted by atomic mass is 9.97. The predicted octanol–water partition coefficient (Wildman–Crippen LogP) is 1.76. The first-order chi connectivity index (χ1) is 7.84. The van der Waals surface area contributed by atoms with E-state index in [1.807, 2.05) is 12.1 Å².